The Kier molecular flexibility index (Phi) is 5.66. The molecule has 144 valence electrons. The molecule has 9 nitrogen and oxygen atoms in total. The van der Waals surface area contributed by atoms with Gasteiger partial charge in [0.05, 0.1) is 16.4 Å². The number of hydrogen-bond acceptors (Lipinski definition) is 7. The Hall–Kier alpha value is -2.59. The van der Waals surface area contributed by atoms with Gasteiger partial charge in [0.15, 0.2) is 0 Å². The fourth-order valence-electron chi connectivity index (χ4n) is 2.86. The fraction of sp³-hybridized carbons (Fsp3) is 0.412. The van der Waals surface area contributed by atoms with Gasteiger partial charge in [-0.15, -0.1) is 0 Å². The van der Waals surface area contributed by atoms with E-state index < -0.39 is 14.9 Å². The molecule has 0 bridgehead atoms. The third-order valence-corrected chi connectivity index (χ3v) is 6.23. The first-order valence-electron chi connectivity index (χ1n) is 8.62. The highest BCUT2D eigenvalue weighted by atomic mass is 32.2. The van der Waals surface area contributed by atoms with E-state index in [1.807, 2.05) is 6.92 Å². The third-order valence-electron chi connectivity index (χ3n) is 4.37. The molecular weight excluding hydrogens is 372 g/mol. The van der Waals surface area contributed by atoms with Crippen LogP contribution in [0.1, 0.15) is 25.3 Å². The van der Waals surface area contributed by atoms with E-state index in [2.05, 4.69) is 9.97 Å². The van der Waals surface area contributed by atoms with Gasteiger partial charge in [-0.1, -0.05) is 13.0 Å². The molecule has 0 N–H and O–H groups in total. The van der Waals surface area contributed by atoms with Crippen LogP contribution >= 0.6 is 0 Å². The highest BCUT2D eigenvalue weighted by Gasteiger charge is 2.32. The zero-order valence-electron chi connectivity index (χ0n) is 14.8. The largest absolute Gasteiger partial charge is 0.459 e. The molecule has 1 unspecified atom stereocenters. The minimum absolute atomic E-state index is 0.0964. The summed E-state index contributed by atoms with van der Waals surface area (Å²) in [4.78, 5) is 18.5. The Bertz CT molecular complexity index is 917. The van der Waals surface area contributed by atoms with Crippen LogP contribution in [0.2, 0.25) is 0 Å². The van der Waals surface area contributed by atoms with Gasteiger partial charge < -0.3 is 4.74 Å². The Balaban J connectivity index is 1.74. The number of aryl methyl sites for hydroxylation is 1. The lowest BCUT2D eigenvalue weighted by Gasteiger charge is -2.31. The maximum atomic E-state index is 12.9. The fourth-order valence-corrected chi connectivity index (χ4v) is 4.41. The third kappa shape index (κ3) is 4.40. The van der Waals surface area contributed by atoms with E-state index >= 15 is 0 Å². The van der Waals surface area contributed by atoms with Gasteiger partial charge >= 0.3 is 6.01 Å². The van der Waals surface area contributed by atoms with Gasteiger partial charge in [0, 0.05) is 31.1 Å². The monoisotopic (exact) mass is 392 g/mol. The zero-order valence-corrected chi connectivity index (χ0v) is 15.6. The average Bonchev–Trinajstić information content (AvgIpc) is 2.69. The summed E-state index contributed by atoms with van der Waals surface area (Å²) in [7, 11) is -3.85. The van der Waals surface area contributed by atoms with Crippen molar-refractivity contribution in [2.75, 3.05) is 13.1 Å². The molecule has 0 amide bonds. The first kappa shape index (κ1) is 19.2. The number of nitro benzene ring substituents is 1. The molecule has 1 aliphatic rings. The molecule has 0 radical (unpaired) electrons. The number of ether oxygens (including phenoxy) is 1. The molecule has 0 spiro atoms. The molecule has 1 aliphatic heterocycles. The molecular formula is C17H20N4O5S. The highest BCUT2D eigenvalue weighted by molar-refractivity contribution is 7.89. The molecule has 2 aromatic rings. The molecule has 1 aromatic heterocycles. The summed E-state index contributed by atoms with van der Waals surface area (Å²) in [6.45, 7) is 2.47. The standard InChI is InChI=1S/C17H20N4O5S/c1-2-13-10-18-17(19-11-13)26-15-6-4-8-20(12-15)27(24,25)16-7-3-5-14(9-16)21(22)23/h3,5,7,9-11,15H,2,4,6,8,12H2,1H3. The Morgan fingerprint density at radius 2 is 2.07 bits per heavy atom. The van der Waals surface area contributed by atoms with Crippen molar-refractivity contribution in [1.82, 2.24) is 14.3 Å². The van der Waals surface area contributed by atoms with Crippen molar-refractivity contribution in [3.63, 3.8) is 0 Å². The van der Waals surface area contributed by atoms with E-state index in [0.717, 1.165) is 18.1 Å². The van der Waals surface area contributed by atoms with E-state index in [-0.39, 0.29) is 29.2 Å². The van der Waals surface area contributed by atoms with Crippen LogP contribution in [0.4, 0.5) is 5.69 Å². The van der Waals surface area contributed by atoms with Gasteiger partial charge in [-0.2, -0.15) is 4.31 Å². The number of nitrogens with zero attached hydrogens (tertiary/aromatic N) is 4. The van der Waals surface area contributed by atoms with Crippen LogP contribution in [0.25, 0.3) is 0 Å². The normalized spacial score (nSPS) is 18.2. The van der Waals surface area contributed by atoms with E-state index in [1.165, 1.54) is 22.5 Å². The molecule has 1 aromatic carbocycles. The lowest BCUT2D eigenvalue weighted by molar-refractivity contribution is -0.385. The van der Waals surface area contributed by atoms with Gasteiger partial charge in [-0.25, -0.2) is 18.4 Å². The second-order valence-corrected chi connectivity index (χ2v) is 8.16. The van der Waals surface area contributed by atoms with Crippen molar-refractivity contribution in [2.45, 2.75) is 37.2 Å². The molecule has 0 aliphatic carbocycles. The molecule has 1 atom stereocenters. The lowest BCUT2D eigenvalue weighted by Crippen LogP contribution is -2.44. The average molecular weight is 392 g/mol. The zero-order chi connectivity index (χ0) is 19.4. The van der Waals surface area contributed by atoms with Crippen LogP contribution in [0.5, 0.6) is 6.01 Å². The maximum absolute atomic E-state index is 12.9. The lowest BCUT2D eigenvalue weighted by atomic mass is 10.1. The number of sulfonamides is 1. The number of benzene rings is 1. The summed E-state index contributed by atoms with van der Waals surface area (Å²) >= 11 is 0. The van der Waals surface area contributed by atoms with Crippen LogP contribution in [0, 0.1) is 10.1 Å². The van der Waals surface area contributed by atoms with Crippen LogP contribution < -0.4 is 4.74 Å². The SMILES string of the molecule is CCc1cnc(OC2CCCN(S(=O)(=O)c3cccc([N+](=O)[O-])c3)C2)nc1. The molecule has 27 heavy (non-hydrogen) atoms. The van der Waals surface area contributed by atoms with Gasteiger partial charge in [0.1, 0.15) is 6.10 Å². The van der Waals surface area contributed by atoms with Gasteiger partial charge in [-0.05, 0) is 30.9 Å². The molecule has 1 fully saturated rings. The first-order chi connectivity index (χ1) is 12.9. The van der Waals surface area contributed by atoms with Gasteiger partial charge in [0.2, 0.25) is 10.0 Å². The number of rotatable bonds is 6. The Morgan fingerprint density at radius 3 is 2.74 bits per heavy atom. The minimum atomic E-state index is -3.85. The van der Waals surface area contributed by atoms with E-state index in [1.54, 1.807) is 12.4 Å². The van der Waals surface area contributed by atoms with Crippen LogP contribution in [-0.2, 0) is 16.4 Å². The van der Waals surface area contributed by atoms with Crippen molar-refractivity contribution < 1.29 is 18.1 Å². The summed E-state index contributed by atoms with van der Waals surface area (Å²) in [6, 6.07) is 5.28. The maximum Gasteiger partial charge on any atom is 0.316 e. The van der Waals surface area contributed by atoms with Crippen molar-refractivity contribution >= 4 is 15.7 Å². The summed E-state index contributed by atoms with van der Waals surface area (Å²) in [5.74, 6) is 0. The van der Waals surface area contributed by atoms with E-state index in [9.17, 15) is 18.5 Å². The van der Waals surface area contributed by atoms with Crippen molar-refractivity contribution in [2.24, 2.45) is 0 Å². The van der Waals surface area contributed by atoms with Gasteiger partial charge in [-0.3, -0.25) is 10.1 Å². The summed E-state index contributed by atoms with van der Waals surface area (Å²) in [5, 5.41) is 10.9. The molecule has 0 saturated carbocycles. The summed E-state index contributed by atoms with van der Waals surface area (Å²) < 4.78 is 32.8. The predicted octanol–water partition coefficient (Wildman–Crippen LogP) is 2.18. The van der Waals surface area contributed by atoms with Crippen LogP contribution in [0.3, 0.4) is 0 Å². The van der Waals surface area contributed by atoms with Crippen molar-refractivity contribution in [1.29, 1.82) is 0 Å². The number of aromatic nitrogens is 2. The van der Waals surface area contributed by atoms with E-state index in [4.69, 9.17) is 4.74 Å². The number of piperidine rings is 1. The van der Waals surface area contributed by atoms with Crippen molar-refractivity contribution in [3.05, 3.63) is 52.3 Å². The highest BCUT2D eigenvalue weighted by Crippen LogP contribution is 2.25. The second-order valence-electron chi connectivity index (χ2n) is 6.23. The van der Waals surface area contributed by atoms with Gasteiger partial charge in [0.25, 0.3) is 5.69 Å². The van der Waals surface area contributed by atoms with Crippen molar-refractivity contribution in [3.8, 4) is 6.01 Å². The first-order valence-corrected chi connectivity index (χ1v) is 10.1. The predicted molar refractivity (Wildman–Crippen MR) is 96.9 cm³/mol. The molecule has 3 rings (SSSR count). The quantitative estimate of drug-likeness (QED) is 0.546. The minimum Gasteiger partial charge on any atom is -0.459 e. The number of hydrogen-bond donors (Lipinski definition) is 0. The topological polar surface area (TPSA) is 116 Å². The Labute approximate surface area is 157 Å². The molecule has 1 saturated heterocycles. The smallest absolute Gasteiger partial charge is 0.316 e. The summed E-state index contributed by atoms with van der Waals surface area (Å²) in [6.07, 6.45) is 5.11. The molecule has 2 heterocycles. The van der Waals surface area contributed by atoms with Crippen LogP contribution in [0.15, 0.2) is 41.6 Å². The second kappa shape index (κ2) is 7.97. The summed E-state index contributed by atoms with van der Waals surface area (Å²) in [5.41, 5.74) is 0.728. The van der Waals surface area contributed by atoms with Crippen LogP contribution in [-0.4, -0.2) is 46.8 Å². The Morgan fingerprint density at radius 1 is 1.33 bits per heavy atom. The van der Waals surface area contributed by atoms with E-state index in [0.29, 0.717) is 19.4 Å². The molecule has 10 heteroatoms. The number of nitro groups is 1. The number of non-ortho nitro benzene ring substituents is 1.